The van der Waals surface area contributed by atoms with Crippen LogP contribution in [-0.4, -0.2) is 32.6 Å². The zero-order chi connectivity index (χ0) is 10.7. The molecule has 0 aromatic carbocycles. The molecule has 1 unspecified atom stereocenters. The Morgan fingerprint density at radius 3 is 3.20 bits per heavy atom. The summed E-state index contributed by atoms with van der Waals surface area (Å²) >= 11 is 5.07. The predicted molar refractivity (Wildman–Crippen MR) is 56.9 cm³/mol. The lowest BCUT2D eigenvalue weighted by atomic mass is 10.2. The largest absolute Gasteiger partial charge is 0.388 e. The molecule has 1 aliphatic rings. The predicted octanol–water partition coefficient (Wildman–Crippen LogP) is 1.00. The molecule has 0 radical (unpaired) electrons. The van der Waals surface area contributed by atoms with E-state index in [1.54, 1.807) is 0 Å². The second-order valence-electron chi connectivity index (χ2n) is 3.68. The van der Waals surface area contributed by atoms with Crippen molar-refractivity contribution in [1.82, 2.24) is 14.8 Å². The van der Waals surface area contributed by atoms with Crippen LogP contribution in [0.4, 0.5) is 0 Å². The number of H-pyrrole nitrogens is 1. The van der Waals surface area contributed by atoms with Gasteiger partial charge in [-0.25, -0.2) is 0 Å². The normalized spacial score (nSPS) is 21.0. The lowest BCUT2D eigenvalue weighted by Gasteiger charge is -2.10. The fourth-order valence-corrected chi connectivity index (χ4v) is 2.09. The summed E-state index contributed by atoms with van der Waals surface area (Å²) in [6.45, 7) is 1.54. The van der Waals surface area contributed by atoms with Gasteiger partial charge in [0, 0.05) is 13.2 Å². The average Bonchev–Trinajstić information content (AvgIpc) is 2.84. The lowest BCUT2D eigenvalue weighted by Crippen LogP contribution is -2.12. The summed E-state index contributed by atoms with van der Waals surface area (Å²) in [5.74, 6) is 0.595. The van der Waals surface area contributed by atoms with Crippen molar-refractivity contribution in [3.8, 4) is 0 Å². The summed E-state index contributed by atoms with van der Waals surface area (Å²) in [5, 5.41) is 15.7. The number of nitrogens with zero attached hydrogens (tertiary/aromatic N) is 2. The first kappa shape index (κ1) is 10.8. The molecule has 0 bridgehead atoms. The van der Waals surface area contributed by atoms with Crippen LogP contribution in [0.1, 0.15) is 25.1 Å². The van der Waals surface area contributed by atoms with E-state index < -0.39 is 0 Å². The SMILES string of the molecule is OCc1n[nH]c(=S)n1CCC1CCCO1. The summed E-state index contributed by atoms with van der Waals surface area (Å²) in [6.07, 6.45) is 3.54. The highest BCUT2D eigenvalue weighted by molar-refractivity contribution is 7.71. The molecule has 1 fully saturated rings. The molecule has 15 heavy (non-hydrogen) atoms. The van der Waals surface area contributed by atoms with E-state index in [4.69, 9.17) is 22.1 Å². The van der Waals surface area contributed by atoms with E-state index in [-0.39, 0.29) is 6.61 Å². The molecule has 84 valence electrons. The number of nitrogens with one attached hydrogen (secondary N) is 1. The number of rotatable bonds is 4. The van der Waals surface area contributed by atoms with E-state index in [0.29, 0.717) is 16.7 Å². The van der Waals surface area contributed by atoms with Gasteiger partial charge in [-0.3, -0.25) is 5.10 Å². The molecule has 1 atom stereocenters. The Bertz CT molecular complexity index is 368. The van der Waals surface area contributed by atoms with Crippen molar-refractivity contribution in [2.75, 3.05) is 6.61 Å². The van der Waals surface area contributed by atoms with Crippen LogP contribution in [0.2, 0.25) is 0 Å². The summed E-state index contributed by atoms with van der Waals surface area (Å²) in [4.78, 5) is 0. The first-order valence-electron chi connectivity index (χ1n) is 5.18. The maximum atomic E-state index is 9.04. The van der Waals surface area contributed by atoms with Crippen molar-refractivity contribution in [2.45, 2.75) is 38.5 Å². The fraction of sp³-hybridized carbons (Fsp3) is 0.778. The van der Waals surface area contributed by atoms with Gasteiger partial charge in [0.05, 0.1) is 6.10 Å². The molecule has 2 rings (SSSR count). The smallest absolute Gasteiger partial charge is 0.195 e. The zero-order valence-corrected chi connectivity index (χ0v) is 9.29. The number of aromatic amines is 1. The maximum Gasteiger partial charge on any atom is 0.195 e. The van der Waals surface area contributed by atoms with Gasteiger partial charge in [-0.1, -0.05) is 0 Å². The third-order valence-corrected chi connectivity index (χ3v) is 2.99. The van der Waals surface area contributed by atoms with E-state index in [2.05, 4.69) is 10.2 Å². The molecule has 0 aliphatic carbocycles. The van der Waals surface area contributed by atoms with E-state index in [1.165, 1.54) is 0 Å². The summed E-state index contributed by atoms with van der Waals surface area (Å²) in [7, 11) is 0. The van der Waals surface area contributed by atoms with Crippen molar-refractivity contribution in [1.29, 1.82) is 0 Å². The summed E-state index contributed by atoms with van der Waals surface area (Å²) in [5.41, 5.74) is 0. The Labute approximate surface area is 93.1 Å². The minimum atomic E-state index is -0.0847. The Morgan fingerprint density at radius 1 is 1.67 bits per heavy atom. The van der Waals surface area contributed by atoms with E-state index in [9.17, 15) is 0 Å². The molecule has 1 aromatic rings. The maximum absolute atomic E-state index is 9.04. The Kier molecular flexibility index (Phi) is 3.50. The number of hydrogen-bond donors (Lipinski definition) is 2. The molecule has 0 amide bonds. The van der Waals surface area contributed by atoms with Crippen LogP contribution in [0.15, 0.2) is 0 Å². The summed E-state index contributed by atoms with van der Waals surface area (Å²) < 4.78 is 7.92. The molecule has 0 spiro atoms. The van der Waals surface area contributed by atoms with Gasteiger partial charge < -0.3 is 14.4 Å². The number of aliphatic hydroxyl groups is 1. The minimum Gasteiger partial charge on any atom is -0.388 e. The quantitative estimate of drug-likeness (QED) is 0.756. The molecule has 1 saturated heterocycles. The first-order valence-corrected chi connectivity index (χ1v) is 5.58. The van der Waals surface area contributed by atoms with E-state index in [1.807, 2.05) is 4.57 Å². The molecular formula is C9H15N3O2S. The van der Waals surface area contributed by atoms with Gasteiger partial charge in [0.1, 0.15) is 6.61 Å². The highest BCUT2D eigenvalue weighted by Gasteiger charge is 2.16. The Balaban J connectivity index is 1.97. The van der Waals surface area contributed by atoms with Crippen molar-refractivity contribution in [2.24, 2.45) is 0 Å². The minimum absolute atomic E-state index is 0.0847. The Morgan fingerprint density at radius 2 is 2.53 bits per heavy atom. The molecule has 1 aromatic heterocycles. The van der Waals surface area contributed by atoms with Gasteiger partial charge in [-0.05, 0) is 31.5 Å². The van der Waals surface area contributed by atoms with Crippen molar-refractivity contribution in [3.63, 3.8) is 0 Å². The molecule has 5 nitrogen and oxygen atoms in total. The molecule has 1 aliphatic heterocycles. The second kappa shape index (κ2) is 4.87. The number of hydrogen-bond acceptors (Lipinski definition) is 4. The Hall–Kier alpha value is -0.720. The number of aromatic nitrogens is 3. The summed E-state index contributed by atoms with van der Waals surface area (Å²) in [6, 6.07) is 0. The third kappa shape index (κ3) is 2.45. The third-order valence-electron chi connectivity index (χ3n) is 2.68. The standard InChI is InChI=1S/C9H15N3O2S/c13-6-8-10-11-9(15)12(8)4-3-7-2-1-5-14-7/h7,13H,1-6H2,(H,11,15). The second-order valence-corrected chi connectivity index (χ2v) is 4.07. The van der Waals surface area contributed by atoms with Gasteiger partial charge in [-0.2, -0.15) is 5.10 Å². The van der Waals surface area contributed by atoms with Gasteiger partial charge in [0.25, 0.3) is 0 Å². The van der Waals surface area contributed by atoms with Crippen molar-refractivity contribution >= 4 is 12.2 Å². The van der Waals surface area contributed by atoms with Crippen LogP contribution in [0.25, 0.3) is 0 Å². The fourth-order valence-electron chi connectivity index (χ4n) is 1.85. The molecule has 6 heteroatoms. The van der Waals surface area contributed by atoms with Gasteiger partial charge in [0.15, 0.2) is 10.6 Å². The monoisotopic (exact) mass is 229 g/mol. The van der Waals surface area contributed by atoms with Crippen LogP contribution in [0.5, 0.6) is 0 Å². The van der Waals surface area contributed by atoms with E-state index in [0.717, 1.165) is 32.4 Å². The molecule has 2 heterocycles. The van der Waals surface area contributed by atoms with Gasteiger partial charge in [0.2, 0.25) is 0 Å². The van der Waals surface area contributed by atoms with Gasteiger partial charge in [-0.15, -0.1) is 0 Å². The topological polar surface area (TPSA) is 63.1 Å². The first-order chi connectivity index (χ1) is 7.31. The van der Waals surface area contributed by atoms with Crippen LogP contribution < -0.4 is 0 Å². The zero-order valence-electron chi connectivity index (χ0n) is 8.48. The lowest BCUT2D eigenvalue weighted by molar-refractivity contribution is 0.0996. The number of aliphatic hydroxyl groups excluding tert-OH is 1. The van der Waals surface area contributed by atoms with Crippen molar-refractivity contribution in [3.05, 3.63) is 10.6 Å². The number of ether oxygens (including phenoxy) is 1. The highest BCUT2D eigenvalue weighted by atomic mass is 32.1. The van der Waals surface area contributed by atoms with Crippen LogP contribution in [0, 0.1) is 4.77 Å². The molecule has 2 N–H and O–H groups in total. The molecule has 0 saturated carbocycles. The van der Waals surface area contributed by atoms with Crippen LogP contribution in [-0.2, 0) is 17.9 Å². The van der Waals surface area contributed by atoms with E-state index >= 15 is 0 Å². The van der Waals surface area contributed by atoms with Crippen LogP contribution in [0.3, 0.4) is 0 Å². The molecular weight excluding hydrogens is 214 g/mol. The highest BCUT2D eigenvalue weighted by Crippen LogP contribution is 2.16. The van der Waals surface area contributed by atoms with Gasteiger partial charge >= 0.3 is 0 Å². The van der Waals surface area contributed by atoms with Crippen molar-refractivity contribution < 1.29 is 9.84 Å². The average molecular weight is 229 g/mol. The van der Waals surface area contributed by atoms with Crippen LogP contribution >= 0.6 is 12.2 Å².